The summed E-state index contributed by atoms with van der Waals surface area (Å²) in [6.07, 6.45) is 4.55. The van der Waals surface area contributed by atoms with Gasteiger partial charge in [-0.25, -0.2) is 0 Å². The predicted molar refractivity (Wildman–Crippen MR) is 170 cm³/mol. The molecule has 0 aliphatic carbocycles. The van der Waals surface area contributed by atoms with Crippen LogP contribution in [-0.4, -0.2) is 14.2 Å². The van der Waals surface area contributed by atoms with E-state index in [9.17, 15) is 0 Å². The molecule has 0 bridgehead atoms. The fourth-order valence-corrected chi connectivity index (χ4v) is 4.09. The molecule has 214 valence electrons. The Morgan fingerprint density at radius 2 is 0.842 bits per heavy atom. The summed E-state index contributed by atoms with van der Waals surface area (Å²) in [5, 5.41) is 0. The van der Waals surface area contributed by atoms with Crippen molar-refractivity contribution in [1.82, 2.24) is 0 Å². The van der Waals surface area contributed by atoms with Gasteiger partial charge in [-0.05, 0) is 86.1 Å². The van der Waals surface area contributed by atoms with Crippen molar-refractivity contribution in [1.29, 1.82) is 0 Å². The first-order valence-electron chi connectivity index (χ1n) is 14.3. The van der Waals surface area contributed by atoms with Crippen molar-refractivity contribution >= 4 is 0 Å². The van der Waals surface area contributed by atoms with Crippen LogP contribution in [0.3, 0.4) is 0 Å². The molecule has 0 aliphatic heterocycles. The van der Waals surface area contributed by atoms with Gasteiger partial charge in [0.2, 0.25) is 0 Å². The maximum Gasteiger partial charge on any atom is 0.125 e. The Morgan fingerprint density at radius 3 is 1.13 bits per heavy atom. The quantitative estimate of drug-likeness (QED) is 0.335. The van der Waals surface area contributed by atoms with E-state index >= 15 is 0 Å². The van der Waals surface area contributed by atoms with Crippen LogP contribution in [0.2, 0.25) is 0 Å². The highest BCUT2D eigenvalue weighted by Gasteiger charge is 2.07. The molecule has 38 heavy (non-hydrogen) atoms. The number of rotatable bonds is 7. The van der Waals surface area contributed by atoms with Crippen molar-refractivity contribution in [2.24, 2.45) is 5.73 Å². The van der Waals surface area contributed by atoms with Crippen LogP contribution >= 0.6 is 0 Å². The van der Waals surface area contributed by atoms with Gasteiger partial charge in [-0.3, -0.25) is 0 Å². The van der Waals surface area contributed by atoms with Crippen LogP contribution in [0.15, 0.2) is 54.6 Å². The zero-order chi connectivity index (χ0) is 29.5. The lowest BCUT2D eigenvalue weighted by Gasteiger charge is -2.11. The molecule has 3 heteroatoms. The van der Waals surface area contributed by atoms with Crippen molar-refractivity contribution in [3.63, 3.8) is 0 Å². The lowest BCUT2D eigenvalue weighted by Crippen LogP contribution is -2.01. The molecular weight excluding hydrogens is 466 g/mol. The molecule has 0 fully saturated rings. The second kappa shape index (κ2) is 23.3. The van der Waals surface area contributed by atoms with E-state index in [1.54, 1.807) is 14.2 Å². The smallest absolute Gasteiger partial charge is 0.125 e. The Hall–Kier alpha value is -2.78. The van der Waals surface area contributed by atoms with Gasteiger partial charge in [0.05, 0.1) is 14.2 Å². The normalized spacial score (nSPS) is 9.18. The van der Waals surface area contributed by atoms with E-state index in [4.69, 9.17) is 15.2 Å². The second-order valence-corrected chi connectivity index (χ2v) is 8.59. The number of nitrogens with two attached hydrogens (primary N) is 1. The van der Waals surface area contributed by atoms with Gasteiger partial charge >= 0.3 is 0 Å². The molecule has 0 heterocycles. The molecule has 0 saturated carbocycles. The number of methoxy groups -OCH3 is 2. The van der Waals surface area contributed by atoms with E-state index in [2.05, 4.69) is 77.9 Å². The van der Waals surface area contributed by atoms with Crippen molar-refractivity contribution in [3.8, 4) is 11.5 Å². The first-order chi connectivity index (χ1) is 18.3. The Morgan fingerprint density at radius 1 is 0.526 bits per heavy atom. The molecule has 0 unspecified atom stereocenters. The highest BCUT2D eigenvalue weighted by molar-refractivity contribution is 5.44. The van der Waals surface area contributed by atoms with Crippen molar-refractivity contribution < 1.29 is 9.47 Å². The van der Waals surface area contributed by atoms with Crippen LogP contribution in [0.1, 0.15) is 93.3 Å². The second-order valence-electron chi connectivity index (χ2n) is 8.59. The van der Waals surface area contributed by atoms with Gasteiger partial charge in [0.1, 0.15) is 11.5 Å². The van der Waals surface area contributed by atoms with E-state index in [-0.39, 0.29) is 0 Å². The molecule has 0 amide bonds. The summed E-state index contributed by atoms with van der Waals surface area (Å²) < 4.78 is 10.5. The monoisotopic (exact) mass is 523 g/mol. The summed E-state index contributed by atoms with van der Waals surface area (Å²) in [5.41, 5.74) is 15.0. The van der Waals surface area contributed by atoms with Crippen LogP contribution in [0.4, 0.5) is 0 Å². The average Bonchev–Trinajstić information content (AvgIpc) is 2.94. The lowest BCUT2D eigenvalue weighted by atomic mass is 9.99. The largest absolute Gasteiger partial charge is 0.496 e. The number of ether oxygens (including phenoxy) is 2. The third kappa shape index (κ3) is 13.1. The standard InChI is InChI=1S/C11H16O2.C11H16.C9H13N.2C2H6/c1-4-6-9-10(12-2)7-5-8-11(9)13-3;1-4-6-11-9(2)7-5-8-10(11)3;1-7-4-3-5-8(2)9(7)6-10;2*1-2/h5,7-8H,4,6H2,1-3H3;5,7-8H,4,6H2,1-3H3;3-5H,6,10H2,1-2H3;2*1-2H3. The zero-order valence-corrected chi connectivity index (χ0v) is 26.6. The minimum atomic E-state index is 0.651. The summed E-state index contributed by atoms with van der Waals surface area (Å²) in [6.45, 7) is 21.6. The molecular formula is C35H57NO2. The summed E-state index contributed by atoms with van der Waals surface area (Å²) in [7, 11) is 3.38. The van der Waals surface area contributed by atoms with Gasteiger partial charge in [-0.2, -0.15) is 0 Å². The number of hydrogen-bond donors (Lipinski definition) is 1. The Balaban J connectivity index is 0. The van der Waals surface area contributed by atoms with Crippen LogP contribution in [0, 0.1) is 27.7 Å². The predicted octanol–water partition coefficient (Wildman–Crippen LogP) is 9.73. The fraction of sp³-hybridized carbons (Fsp3) is 0.486. The van der Waals surface area contributed by atoms with Gasteiger partial charge in [-0.1, -0.05) is 96.8 Å². The van der Waals surface area contributed by atoms with Crippen molar-refractivity contribution in [3.05, 3.63) is 93.5 Å². The maximum atomic E-state index is 5.55. The van der Waals surface area contributed by atoms with Gasteiger partial charge in [0.15, 0.2) is 0 Å². The SMILES string of the molecule is CC.CC.CCCc1c(C)cccc1C.CCCc1c(OC)cccc1OC.Cc1cccc(C)c1CN. The van der Waals surface area contributed by atoms with E-state index < -0.39 is 0 Å². The molecule has 3 aromatic carbocycles. The van der Waals surface area contributed by atoms with Gasteiger partial charge < -0.3 is 15.2 Å². The van der Waals surface area contributed by atoms with Crippen LogP contribution in [0.5, 0.6) is 11.5 Å². The maximum absolute atomic E-state index is 5.55. The fourth-order valence-electron chi connectivity index (χ4n) is 4.09. The van der Waals surface area contributed by atoms with E-state index in [1.807, 2.05) is 45.9 Å². The third-order valence-electron chi connectivity index (χ3n) is 6.02. The molecule has 3 aromatic rings. The van der Waals surface area contributed by atoms with Gasteiger partial charge in [0.25, 0.3) is 0 Å². The first-order valence-corrected chi connectivity index (χ1v) is 14.3. The molecule has 2 N–H and O–H groups in total. The van der Waals surface area contributed by atoms with Crippen molar-refractivity contribution in [2.75, 3.05) is 14.2 Å². The number of hydrogen-bond acceptors (Lipinski definition) is 3. The number of benzene rings is 3. The van der Waals surface area contributed by atoms with Crippen LogP contribution in [0.25, 0.3) is 0 Å². The minimum absolute atomic E-state index is 0.651. The molecule has 0 aromatic heterocycles. The molecule has 0 atom stereocenters. The molecule has 3 nitrogen and oxygen atoms in total. The molecule has 0 spiro atoms. The number of aryl methyl sites for hydroxylation is 4. The topological polar surface area (TPSA) is 44.5 Å². The minimum Gasteiger partial charge on any atom is -0.496 e. The van der Waals surface area contributed by atoms with Crippen LogP contribution < -0.4 is 15.2 Å². The summed E-state index contributed by atoms with van der Waals surface area (Å²) in [5.74, 6) is 1.84. The molecule has 0 radical (unpaired) electrons. The lowest BCUT2D eigenvalue weighted by molar-refractivity contribution is 0.385. The Bertz CT molecular complexity index is 932. The summed E-state index contributed by atoms with van der Waals surface area (Å²) in [6, 6.07) is 18.6. The molecule has 0 saturated heterocycles. The zero-order valence-electron chi connectivity index (χ0n) is 26.6. The van der Waals surface area contributed by atoms with E-state index in [1.165, 1.54) is 46.2 Å². The summed E-state index contributed by atoms with van der Waals surface area (Å²) in [4.78, 5) is 0. The summed E-state index contributed by atoms with van der Waals surface area (Å²) >= 11 is 0. The highest BCUT2D eigenvalue weighted by Crippen LogP contribution is 2.29. The van der Waals surface area contributed by atoms with Gasteiger partial charge in [-0.15, -0.1) is 0 Å². The van der Waals surface area contributed by atoms with E-state index in [0.717, 1.165) is 29.9 Å². The Labute approximate surface area is 235 Å². The first kappa shape index (κ1) is 37.4. The van der Waals surface area contributed by atoms with Crippen LogP contribution in [-0.2, 0) is 19.4 Å². The van der Waals surface area contributed by atoms with Crippen molar-refractivity contribution in [2.45, 2.75) is 101 Å². The average molecular weight is 524 g/mol. The van der Waals surface area contributed by atoms with Gasteiger partial charge in [0, 0.05) is 12.1 Å². The Kier molecular flexibility index (Phi) is 23.0. The van der Waals surface area contributed by atoms with E-state index in [0.29, 0.717) is 6.54 Å². The highest BCUT2D eigenvalue weighted by atomic mass is 16.5. The third-order valence-corrected chi connectivity index (χ3v) is 6.02. The molecule has 0 aliphatic rings. The molecule has 3 rings (SSSR count).